The highest BCUT2D eigenvalue weighted by Gasteiger charge is 2.41. The molecule has 0 radical (unpaired) electrons. The maximum Gasteiger partial charge on any atom is 0.255 e. The molecule has 0 saturated carbocycles. The molecule has 3 aromatic carbocycles. The lowest BCUT2D eigenvalue weighted by Crippen LogP contribution is -2.56. The van der Waals surface area contributed by atoms with E-state index < -0.39 is 6.04 Å². The smallest absolute Gasteiger partial charge is 0.255 e. The molecule has 5 nitrogen and oxygen atoms in total. The number of hydrogen-bond donors (Lipinski definition) is 0. The molecule has 4 rings (SSSR count). The Balaban J connectivity index is 1.79. The van der Waals surface area contributed by atoms with Crippen LogP contribution in [0.3, 0.4) is 0 Å². The molecule has 1 aliphatic heterocycles. The van der Waals surface area contributed by atoms with E-state index in [2.05, 4.69) is 0 Å². The van der Waals surface area contributed by atoms with E-state index >= 15 is 0 Å². The van der Waals surface area contributed by atoms with Crippen LogP contribution in [0, 0.1) is 6.92 Å². The van der Waals surface area contributed by atoms with Gasteiger partial charge in [-0.05, 0) is 61.0 Å². The molecule has 1 saturated heterocycles. The van der Waals surface area contributed by atoms with Gasteiger partial charge in [-0.2, -0.15) is 0 Å². The Morgan fingerprint density at radius 3 is 2.07 bits per heavy atom. The second kappa shape index (κ2) is 8.20. The molecular weight excluding hydrogens is 400 g/mol. The Bertz CT molecular complexity index is 1060. The number of carbonyl (C=O) groups is 2. The van der Waals surface area contributed by atoms with Gasteiger partial charge in [-0.25, -0.2) is 0 Å². The molecule has 152 valence electrons. The topological polar surface area (TPSA) is 49.9 Å². The Morgan fingerprint density at radius 1 is 0.867 bits per heavy atom. The summed E-state index contributed by atoms with van der Waals surface area (Å²) in [6.07, 6.45) is 0. The zero-order valence-electron chi connectivity index (χ0n) is 16.7. The van der Waals surface area contributed by atoms with Crippen LogP contribution in [0.25, 0.3) is 0 Å². The molecule has 3 aromatic rings. The number of benzene rings is 3. The van der Waals surface area contributed by atoms with E-state index in [9.17, 15) is 9.59 Å². The first-order valence-electron chi connectivity index (χ1n) is 9.57. The number of anilines is 2. The van der Waals surface area contributed by atoms with Crippen LogP contribution < -0.4 is 14.5 Å². The van der Waals surface area contributed by atoms with Crippen LogP contribution in [0.5, 0.6) is 5.75 Å². The predicted molar refractivity (Wildman–Crippen MR) is 118 cm³/mol. The number of ether oxygens (including phenoxy) is 1. The van der Waals surface area contributed by atoms with Crippen LogP contribution in [-0.4, -0.2) is 25.5 Å². The maximum absolute atomic E-state index is 13.6. The van der Waals surface area contributed by atoms with Gasteiger partial charge >= 0.3 is 0 Å². The number of hydrogen-bond acceptors (Lipinski definition) is 3. The van der Waals surface area contributed by atoms with Crippen LogP contribution in [0.4, 0.5) is 11.4 Å². The largest absolute Gasteiger partial charge is 0.497 e. The van der Waals surface area contributed by atoms with Gasteiger partial charge in [0.2, 0.25) is 5.91 Å². The monoisotopic (exact) mass is 420 g/mol. The van der Waals surface area contributed by atoms with Crippen molar-refractivity contribution in [3.05, 3.63) is 88.9 Å². The number of piperazine rings is 1. The summed E-state index contributed by atoms with van der Waals surface area (Å²) in [5.74, 6) is 0.346. The molecule has 2 amide bonds. The second-order valence-corrected chi connectivity index (χ2v) is 7.61. The van der Waals surface area contributed by atoms with Crippen LogP contribution >= 0.6 is 11.6 Å². The summed E-state index contributed by atoms with van der Waals surface area (Å²) in [5, 5.41) is 0.566. The van der Waals surface area contributed by atoms with Crippen LogP contribution in [0.1, 0.15) is 17.2 Å². The molecule has 0 unspecified atom stereocenters. The average Bonchev–Trinajstić information content (AvgIpc) is 2.76. The zero-order chi connectivity index (χ0) is 21.3. The normalized spacial score (nSPS) is 16.7. The van der Waals surface area contributed by atoms with Crippen molar-refractivity contribution in [3.63, 3.8) is 0 Å². The number of rotatable bonds is 4. The van der Waals surface area contributed by atoms with Crippen molar-refractivity contribution in [1.29, 1.82) is 0 Å². The lowest BCUT2D eigenvalue weighted by molar-refractivity contribution is -0.128. The lowest BCUT2D eigenvalue weighted by Gasteiger charge is -2.40. The number of methoxy groups -OCH3 is 1. The highest BCUT2D eigenvalue weighted by Crippen LogP contribution is 2.35. The highest BCUT2D eigenvalue weighted by molar-refractivity contribution is 6.30. The van der Waals surface area contributed by atoms with E-state index in [1.54, 1.807) is 53.3 Å². The Labute approximate surface area is 180 Å². The quantitative estimate of drug-likeness (QED) is 0.610. The standard InChI is InChI=1S/C24H21ClN2O3/c1-16-3-9-19(10-4-16)26-15-22(28)27(20-11-7-18(25)8-12-20)23(24(26)29)17-5-13-21(30-2)14-6-17/h3-14,23H,15H2,1-2H3/t23-/m0/s1. The maximum atomic E-state index is 13.6. The minimum absolute atomic E-state index is 0.0306. The molecule has 1 fully saturated rings. The summed E-state index contributed by atoms with van der Waals surface area (Å²) in [4.78, 5) is 30.0. The van der Waals surface area contributed by atoms with Crippen LogP contribution in [0.15, 0.2) is 72.8 Å². The SMILES string of the molecule is COc1ccc([C@H]2C(=O)N(c3ccc(C)cc3)CC(=O)N2c2ccc(Cl)cc2)cc1. The van der Waals surface area contributed by atoms with Crippen LogP contribution in [-0.2, 0) is 9.59 Å². The van der Waals surface area contributed by atoms with Crippen molar-refractivity contribution in [1.82, 2.24) is 0 Å². The third-order valence-electron chi connectivity index (χ3n) is 5.20. The van der Waals surface area contributed by atoms with Gasteiger partial charge in [-0.3, -0.25) is 14.5 Å². The molecule has 30 heavy (non-hydrogen) atoms. The van der Waals surface area contributed by atoms with Gasteiger partial charge in [0.1, 0.15) is 18.3 Å². The molecule has 1 atom stereocenters. The first-order valence-corrected chi connectivity index (χ1v) is 9.95. The van der Waals surface area contributed by atoms with Crippen molar-refractivity contribution >= 4 is 34.8 Å². The molecular formula is C24H21ClN2O3. The fraction of sp³-hybridized carbons (Fsp3) is 0.167. The summed E-state index contributed by atoms with van der Waals surface area (Å²) in [6.45, 7) is 1.95. The summed E-state index contributed by atoms with van der Waals surface area (Å²) >= 11 is 6.03. The fourth-order valence-electron chi connectivity index (χ4n) is 3.61. The molecule has 0 aliphatic carbocycles. The first-order chi connectivity index (χ1) is 14.5. The minimum Gasteiger partial charge on any atom is -0.497 e. The van der Waals surface area contributed by atoms with E-state index in [0.29, 0.717) is 27.7 Å². The molecule has 0 N–H and O–H groups in total. The second-order valence-electron chi connectivity index (χ2n) is 7.18. The van der Waals surface area contributed by atoms with E-state index in [4.69, 9.17) is 16.3 Å². The van der Waals surface area contributed by atoms with E-state index in [1.807, 2.05) is 43.3 Å². The summed E-state index contributed by atoms with van der Waals surface area (Å²) in [7, 11) is 1.59. The Hall–Kier alpha value is -3.31. The van der Waals surface area contributed by atoms with E-state index in [0.717, 1.165) is 5.56 Å². The Morgan fingerprint density at radius 2 is 1.47 bits per heavy atom. The third-order valence-corrected chi connectivity index (χ3v) is 5.45. The average molecular weight is 421 g/mol. The third kappa shape index (κ3) is 3.76. The molecule has 1 aliphatic rings. The van der Waals surface area contributed by atoms with E-state index in [-0.39, 0.29) is 18.4 Å². The van der Waals surface area contributed by atoms with Gasteiger partial charge in [0, 0.05) is 16.4 Å². The predicted octanol–water partition coefficient (Wildman–Crippen LogP) is 4.78. The van der Waals surface area contributed by atoms with E-state index in [1.165, 1.54) is 0 Å². The molecule has 0 aromatic heterocycles. The van der Waals surface area contributed by atoms with Crippen molar-refractivity contribution in [3.8, 4) is 5.75 Å². The van der Waals surface area contributed by atoms with Crippen molar-refractivity contribution < 1.29 is 14.3 Å². The summed E-state index contributed by atoms with van der Waals surface area (Å²) in [6, 6.07) is 21.0. The summed E-state index contributed by atoms with van der Waals surface area (Å²) < 4.78 is 5.24. The number of halogens is 1. The van der Waals surface area contributed by atoms with Crippen molar-refractivity contribution in [2.24, 2.45) is 0 Å². The van der Waals surface area contributed by atoms with Crippen molar-refractivity contribution in [2.45, 2.75) is 13.0 Å². The van der Waals surface area contributed by atoms with Crippen molar-refractivity contribution in [2.75, 3.05) is 23.5 Å². The van der Waals surface area contributed by atoms with Gasteiger partial charge < -0.3 is 9.64 Å². The van der Waals surface area contributed by atoms with Gasteiger partial charge in [-0.15, -0.1) is 0 Å². The van der Waals surface area contributed by atoms with Gasteiger partial charge in [0.25, 0.3) is 5.91 Å². The molecule has 0 bridgehead atoms. The van der Waals surface area contributed by atoms with Crippen LogP contribution in [0.2, 0.25) is 5.02 Å². The minimum atomic E-state index is -0.792. The first kappa shape index (κ1) is 20.0. The molecule has 6 heteroatoms. The zero-order valence-corrected chi connectivity index (χ0v) is 17.5. The van der Waals surface area contributed by atoms with Gasteiger partial charge in [-0.1, -0.05) is 41.4 Å². The highest BCUT2D eigenvalue weighted by atomic mass is 35.5. The van der Waals surface area contributed by atoms with Gasteiger partial charge in [0.15, 0.2) is 0 Å². The molecule has 0 spiro atoms. The Kier molecular flexibility index (Phi) is 5.46. The number of amides is 2. The fourth-order valence-corrected chi connectivity index (χ4v) is 3.73. The number of carbonyl (C=O) groups excluding carboxylic acids is 2. The summed E-state index contributed by atoms with van der Waals surface area (Å²) in [5.41, 5.74) is 3.13. The molecule has 1 heterocycles. The van der Waals surface area contributed by atoms with Gasteiger partial charge in [0.05, 0.1) is 7.11 Å². The lowest BCUT2D eigenvalue weighted by atomic mass is 9.99. The number of aryl methyl sites for hydroxylation is 1. The number of nitrogens with zero attached hydrogens (tertiary/aromatic N) is 2.